The van der Waals surface area contributed by atoms with Crippen LogP contribution in [0.5, 0.6) is 0 Å². The van der Waals surface area contributed by atoms with Crippen LogP contribution in [0.15, 0.2) is 12.7 Å². The molecule has 0 aromatic carbocycles. The number of amides is 1. The van der Waals surface area contributed by atoms with Gasteiger partial charge in [0.2, 0.25) is 0 Å². The summed E-state index contributed by atoms with van der Waals surface area (Å²) in [6.07, 6.45) is 1.54. The lowest BCUT2D eigenvalue weighted by Gasteiger charge is -2.23. The summed E-state index contributed by atoms with van der Waals surface area (Å²) in [6.45, 7) is 10.9. The third-order valence-corrected chi connectivity index (χ3v) is 2.66. The minimum atomic E-state index is -0.986. The van der Waals surface area contributed by atoms with Crippen LogP contribution in [0.2, 0.25) is 0 Å². The lowest BCUT2D eigenvalue weighted by atomic mass is 10.2. The first kappa shape index (κ1) is 14.5. The summed E-state index contributed by atoms with van der Waals surface area (Å²) in [7, 11) is 0. The molecule has 1 saturated carbocycles. The molecule has 18 heavy (non-hydrogen) atoms. The van der Waals surface area contributed by atoms with Crippen molar-refractivity contribution >= 4 is 12.1 Å². The molecule has 2 unspecified atom stereocenters. The number of rotatable bonds is 4. The van der Waals surface area contributed by atoms with Crippen molar-refractivity contribution < 1.29 is 19.1 Å². The maximum atomic E-state index is 11.9. The molecule has 1 amide bonds. The Labute approximate surface area is 108 Å². The van der Waals surface area contributed by atoms with Gasteiger partial charge in [0.25, 0.3) is 0 Å². The zero-order valence-corrected chi connectivity index (χ0v) is 11.4. The first-order valence-corrected chi connectivity index (χ1v) is 6.06. The number of alkyl carbamates (subject to hydrolysis) is 1. The Balaban J connectivity index is 2.68. The molecule has 0 aromatic heterocycles. The van der Waals surface area contributed by atoms with E-state index < -0.39 is 23.2 Å². The quantitative estimate of drug-likeness (QED) is 0.616. The molecule has 1 aliphatic rings. The monoisotopic (exact) mass is 255 g/mol. The van der Waals surface area contributed by atoms with Crippen molar-refractivity contribution in [2.75, 3.05) is 6.61 Å². The topological polar surface area (TPSA) is 64.6 Å². The van der Waals surface area contributed by atoms with Crippen LogP contribution in [0, 0.1) is 5.92 Å². The molecular formula is C13H21NO4. The van der Waals surface area contributed by atoms with Gasteiger partial charge in [-0.25, -0.2) is 9.59 Å². The fourth-order valence-electron chi connectivity index (χ4n) is 1.75. The molecule has 2 atom stereocenters. The zero-order valence-electron chi connectivity index (χ0n) is 11.4. The number of ether oxygens (including phenoxy) is 2. The second-order valence-corrected chi connectivity index (χ2v) is 5.37. The molecule has 102 valence electrons. The van der Waals surface area contributed by atoms with E-state index in [0.717, 1.165) is 0 Å². The van der Waals surface area contributed by atoms with Gasteiger partial charge in [0, 0.05) is 5.92 Å². The highest BCUT2D eigenvalue weighted by Crippen LogP contribution is 2.45. The molecule has 0 saturated heterocycles. The van der Waals surface area contributed by atoms with E-state index in [4.69, 9.17) is 9.47 Å². The van der Waals surface area contributed by atoms with Crippen molar-refractivity contribution in [3.63, 3.8) is 0 Å². The van der Waals surface area contributed by atoms with Gasteiger partial charge in [-0.15, -0.1) is 6.58 Å². The molecule has 0 bridgehead atoms. The van der Waals surface area contributed by atoms with Gasteiger partial charge in [0.05, 0.1) is 6.61 Å². The van der Waals surface area contributed by atoms with E-state index in [-0.39, 0.29) is 12.5 Å². The Morgan fingerprint density at radius 2 is 2.11 bits per heavy atom. The molecule has 0 radical (unpaired) electrons. The highest BCUT2D eigenvalue weighted by molar-refractivity contribution is 5.90. The predicted octanol–water partition coefficient (Wildman–Crippen LogP) is 2.02. The lowest BCUT2D eigenvalue weighted by Crippen LogP contribution is -2.47. The third kappa shape index (κ3) is 3.24. The van der Waals surface area contributed by atoms with E-state index in [2.05, 4.69) is 11.9 Å². The largest absolute Gasteiger partial charge is 0.464 e. The van der Waals surface area contributed by atoms with Crippen LogP contribution < -0.4 is 5.32 Å². The first-order chi connectivity index (χ1) is 8.25. The van der Waals surface area contributed by atoms with Gasteiger partial charge >= 0.3 is 12.1 Å². The number of nitrogens with one attached hydrogen (secondary N) is 1. The SMILES string of the molecule is C=CC1CC1(NC(=O)OC(C)(C)C)C(=O)OCC. The molecule has 1 N–H and O–H groups in total. The maximum Gasteiger partial charge on any atom is 0.408 e. The van der Waals surface area contributed by atoms with E-state index in [9.17, 15) is 9.59 Å². The number of carbonyl (C=O) groups excluding carboxylic acids is 2. The lowest BCUT2D eigenvalue weighted by molar-refractivity contribution is -0.147. The Bertz CT molecular complexity index is 358. The van der Waals surface area contributed by atoms with Gasteiger partial charge in [-0.1, -0.05) is 6.08 Å². The second-order valence-electron chi connectivity index (χ2n) is 5.37. The van der Waals surface area contributed by atoms with Crippen LogP contribution in [0.1, 0.15) is 34.1 Å². The fourth-order valence-corrected chi connectivity index (χ4v) is 1.75. The average Bonchev–Trinajstić information content (AvgIpc) is 2.90. The number of carbonyl (C=O) groups is 2. The van der Waals surface area contributed by atoms with E-state index >= 15 is 0 Å². The zero-order chi connectivity index (χ0) is 14.0. The van der Waals surface area contributed by atoms with Crippen LogP contribution >= 0.6 is 0 Å². The summed E-state index contributed by atoms with van der Waals surface area (Å²) in [6, 6.07) is 0. The van der Waals surface area contributed by atoms with Gasteiger partial charge in [0.15, 0.2) is 0 Å². The maximum absolute atomic E-state index is 11.9. The minimum absolute atomic E-state index is 0.0935. The number of esters is 1. The van der Waals surface area contributed by atoms with Crippen LogP contribution in [0.25, 0.3) is 0 Å². The van der Waals surface area contributed by atoms with Crippen molar-refractivity contribution in [3.8, 4) is 0 Å². The summed E-state index contributed by atoms with van der Waals surface area (Å²) >= 11 is 0. The van der Waals surface area contributed by atoms with Gasteiger partial charge in [-0.3, -0.25) is 0 Å². The van der Waals surface area contributed by atoms with Crippen LogP contribution in [0.4, 0.5) is 4.79 Å². The van der Waals surface area contributed by atoms with Crippen molar-refractivity contribution in [1.82, 2.24) is 5.32 Å². The van der Waals surface area contributed by atoms with E-state index in [1.807, 2.05) is 0 Å². The molecule has 0 heterocycles. The number of hydrogen-bond acceptors (Lipinski definition) is 4. The van der Waals surface area contributed by atoms with Crippen molar-refractivity contribution in [3.05, 3.63) is 12.7 Å². The van der Waals surface area contributed by atoms with Gasteiger partial charge in [-0.2, -0.15) is 0 Å². The highest BCUT2D eigenvalue weighted by atomic mass is 16.6. The molecular weight excluding hydrogens is 234 g/mol. The summed E-state index contributed by atoms with van der Waals surface area (Å²) in [5, 5.41) is 2.60. The summed E-state index contributed by atoms with van der Waals surface area (Å²) in [5.74, 6) is -0.523. The van der Waals surface area contributed by atoms with Crippen LogP contribution in [-0.2, 0) is 14.3 Å². The molecule has 1 rings (SSSR count). The fraction of sp³-hybridized carbons (Fsp3) is 0.692. The Morgan fingerprint density at radius 3 is 2.50 bits per heavy atom. The minimum Gasteiger partial charge on any atom is -0.464 e. The molecule has 1 fully saturated rings. The molecule has 5 nitrogen and oxygen atoms in total. The van der Waals surface area contributed by atoms with Crippen molar-refractivity contribution in [1.29, 1.82) is 0 Å². The smallest absolute Gasteiger partial charge is 0.408 e. The Morgan fingerprint density at radius 1 is 1.50 bits per heavy atom. The van der Waals surface area contributed by atoms with E-state index in [0.29, 0.717) is 6.42 Å². The van der Waals surface area contributed by atoms with E-state index in [1.54, 1.807) is 33.8 Å². The predicted molar refractivity (Wildman–Crippen MR) is 67.0 cm³/mol. The van der Waals surface area contributed by atoms with Gasteiger partial charge < -0.3 is 14.8 Å². The Hall–Kier alpha value is -1.52. The van der Waals surface area contributed by atoms with Crippen LogP contribution in [-0.4, -0.2) is 29.8 Å². The third-order valence-electron chi connectivity index (χ3n) is 2.66. The first-order valence-electron chi connectivity index (χ1n) is 6.06. The van der Waals surface area contributed by atoms with Gasteiger partial charge in [0.1, 0.15) is 11.1 Å². The molecule has 5 heteroatoms. The highest BCUT2D eigenvalue weighted by Gasteiger charge is 2.61. The summed E-state index contributed by atoms with van der Waals surface area (Å²) in [5.41, 5.74) is -1.58. The molecule has 0 aliphatic heterocycles. The molecule has 0 spiro atoms. The van der Waals surface area contributed by atoms with E-state index in [1.165, 1.54) is 0 Å². The summed E-state index contributed by atoms with van der Waals surface area (Å²) < 4.78 is 10.1. The van der Waals surface area contributed by atoms with Crippen LogP contribution in [0.3, 0.4) is 0 Å². The normalized spacial score (nSPS) is 26.1. The molecule has 1 aliphatic carbocycles. The van der Waals surface area contributed by atoms with Crippen molar-refractivity contribution in [2.24, 2.45) is 5.92 Å². The number of hydrogen-bond donors (Lipinski definition) is 1. The Kier molecular flexibility index (Phi) is 4.04. The molecule has 0 aromatic rings. The van der Waals surface area contributed by atoms with Crippen molar-refractivity contribution in [2.45, 2.75) is 45.3 Å². The average molecular weight is 255 g/mol. The second kappa shape index (κ2) is 5.00. The summed E-state index contributed by atoms with van der Waals surface area (Å²) in [4.78, 5) is 23.6. The standard InChI is InChI=1S/C13H21NO4/c1-6-9-8-13(9,10(15)17-7-2)14-11(16)18-12(3,4)5/h6,9H,1,7-8H2,2-5H3,(H,14,16). The van der Waals surface area contributed by atoms with Gasteiger partial charge in [-0.05, 0) is 34.1 Å².